The third kappa shape index (κ3) is 3.96. The normalized spacial score (nSPS) is 16.9. The number of carbonyl (C=O) groups excluding carboxylic acids is 1. The first-order valence-electron chi connectivity index (χ1n) is 9.54. The molecule has 0 N–H and O–H groups in total. The number of benzene rings is 1. The van der Waals surface area contributed by atoms with Crippen molar-refractivity contribution in [3.05, 3.63) is 83.1 Å². The van der Waals surface area contributed by atoms with Crippen molar-refractivity contribution >= 4 is 5.91 Å². The number of nitrogens with zero attached hydrogens (tertiary/aromatic N) is 3. The minimum atomic E-state index is -0.271. The monoisotopic (exact) mass is 379 g/mol. The van der Waals surface area contributed by atoms with E-state index in [0.29, 0.717) is 30.3 Å². The summed E-state index contributed by atoms with van der Waals surface area (Å²) in [6.07, 6.45) is 4.90. The lowest BCUT2D eigenvalue weighted by atomic mass is 10.0. The quantitative estimate of drug-likeness (QED) is 0.671. The van der Waals surface area contributed by atoms with Gasteiger partial charge in [0.25, 0.3) is 5.91 Å². The summed E-state index contributed by atoms with van der Waals surface area (Å²) in [5.74, 6) is 0.824. The Bertz CT molecular complexity index is 985. The van der Waals surface area contributed by atoms with Crippen molar-refractivity contribution in [3.8, 4) is 0 Å². The van der Waals surface area contributed by atoms with E-state index in [1.165, 1.54) is 12.1 Å². The lowest BCUT2D eigenvalue weighted by Crippen LogP contribution is -2.39. The third-order valence-corrected chi connectivity index (χ3v) is 4.99. The predicted octanol–water partition coefficient (Wildman–Crippen LogP) is 4.48. The SMILES string of the molecule is Cc1cccc(C(=O)N2CCCC[C@@H]2c2ncc(Cc3cccc(F)c3)o2)n1. The standard InChI is InChI=1S/C22H22FN3O2/c1-15-6-4-9-19(25-15)22(27)26-11-3-2-10-20(26)21-24-14-18(28-21)13-16-7-5-8-17(23)12-16/h4-9,12,14,20H,2-3,10-11,13H2,1H3/t20-/m1/s1. The molecule has 0 bridgehead atoms. The summed E-state index contributed by atoms with van der Waals surface area (Å²) < 4.78 is 19.4. The van der Waals surface area contributed by atoms with Crippen LogP contribution in [0.1, 0.15) is 58.7 Å². The van der Waals surface area contributed by atoms with Crippen LogP contribution in [0.15, 0.2) is 53.1 Å². The molecule has 2 aromatic heterocycles. The zero-order chi connectivity index (χ0) is 19.5. The van der Waals surface area contributed by atoms with E-state index in [-0.39, 0.29) is 17.8 Å². The van der Waals surface area contributed by atoms with E-state index in [1.54, 1.807) is 18.3 Å². The smallest absolute Gasteiger partial charge is 0.273 e. The first kappa shape index (κ1) is 18.3. The Labute approximate surface area is 163 Å². The van der Waals surface area contributed by atoms with Crippen molar-refractivity contribution in [1.82, 2.24) is 14.9 Å². The highest BCUT2D eigenvalue weighted by Gasteiger charge is 2.32. The molecule has 1 aromatic carbocycles. The minimum absolute atomic E-state index is 0.0988. The Morgan fingerprint density at radius 3 is 2.93 bits per heavy atom. The number of halogens is 1. The van der Waals surface area contributed by atoms with Gasteiger partial charge in [-0.3, -0.25) is 4.79 Å². The number of aromatic nitrogens is 2. The van der Waals surface area contributed by atoms with E-state index in [1.807, 2.05) is 30.0 Å². The second-order valence-electron chi connectivity index (χ2n) is 7.15. The van der Waals surface area contributed by atoms with Crippen LogP contribution < -0.4 is 0 Å². The van der Waals surface area contributed by atoms with Crippen molar-refractivity contribution in [3.63, 3.8) is 0 Å². The van der Waals surface area contributed by atoms with Crippen molar-refractivity contribution < 1.29 is 13.6 Å². The van der Waals surface area contributed by atoms with Crippen LogP contribution in [0.4, 0.5) is 4.39 Å². The summed E-state index contributed by atoms with van der Waals surface area (Å²) in [5.41, 5.74) is 2.08. The van der Waals surface area contributed by atoms with Gasteiger partial charge in [-0.15, -0.1) is 0 Å². The number of pyridine rings is 1. The summed E-state index contributed by atoms with van der Waals surface area (Å²) in [4.78, 5) is 23.6. The summed E-state index contributed by atoms with van der Waals surface area (Å²) in [6.45, 7) is 2.53. The fourth-order valence-electron chi connectivity index (χ4n) is 3.65. The Hall–Kier alpha value is -3.02. The second kappa shape index (κ2) is 7.92. The molecule has 28 heavy (non-hydrogen) atoms. The molecule has 3 heterocycles. The maximum absolute atomic E-state index is 13.4. The van der Waals surface area contributed by atoms with E-state index in [0.717, 1.165) is 30.5 Å². The van der Waals surface area contributed by atoms with E-state index in [4.69, 9.17) is 4.42 Å². The van der Waals surface area contributed by atoms with Crippen LogP contribution >= 0.6 is 0 Å². The average Bonchev–Trinajstić information content (AvgIpc) is 3.16. The van der Waals surface area contributed by atoms with Crippen LogP contribution in [0.25, 0.3) is 0 Å². The lowest BCUT2D eigenvalue weighted by Gasteiger charge is -2.33. The number of likely N-dealkylation sites (tertiary alicyclic amines) is 1. The number of carbonyl (C=O) groups is 1. The summed E-state index contributed by atoms with van der Waals surface area (Å²) >= 11 is 0. The van der Waals surface area contributed by atoms with Crippen molar-refractivity contribution in [2.75, 3.05) is 6.54 Å². The molecule has 0 spiro atoms. The van der Waals surface area contributed by atoms with Crippen LogP contribution in [0.2, 0.25) is 0 Å². The Morgan fingerprint density at radius 2 is 2.11 bits per heavy atom. The van der Waals surface area contributed by atoms with Gasteiger partial charge >= 0.3 is 0 Å². The van der Waals surface area contributed by atoms with E-state index in [9.17, 15) is 9.18 Å². The number of aryl methyl sites for hydroxylation is 1. The largest absolute Gasteiger partial charge is 0.443 e. The summed E-state index contributed by atoms with van der Waals surface area (Å²) in [5, 5.41) is 0. The molecule has 1 aliphatic heterocycles. The topological polar surface area (TPSA) is 59.2 Å². The molecule has 4 rings (SSSR count). The molecule has 0 radical (unpaired) electrons. The molecular formula is C22H22FN3O2. The molecule has 1 saturated heterocycles. The van der Waals surface area contributed by atoms with Gasteiger partial charge in [-0.05, 0) is 56.0 Å². The molecule has 1 fully saturated rings. The maximum Gasteiger partial charge on any atom is 0.273 e. The Morgan fingerprint density at radius 1 is 1.25 bits per heavy atom. The zero-order valence-corrected chi connectivity index (χ0v) is 15.8. The highest BCUT2D eigenvalue weighted by Crippen LogP contribution is 2.32. The first-order chi connectivity index (χ1) is 13.6. The number of amides is 1. The molecule has 6 heteroatoms. The predicted molar refractivity (Wildman–Crippen MR) is 102 cm³/mol. The molecule has 3 aromatic rings. The Balaban J connectivity index is 1.55. The molecular weight excluding hydrogens is 357 g/mol. The fraction of sp³-hybridized carbons (Fsp3) is 0.318. The van der Waals surface area contributed by atoms with Gasteiger partial charge in [0.2, 0.25) is 5.89 Å². The molecule has 1 atom stereocenters. The van der Waals surface area contributed by atoms with Gasteiger partial charge in [0.1, 0.15) is 23.3 Å². The van der Waals surface area contributed by atoms with E-state index < -0.39 is 0 Å². The minimum Gasteiger partial charge on any atom is -0.443 e. The van der Waals surface area contributed by atoms with Crippen molar-refractivity contribution in [1.29, 1.82) is 0 Å². The van der Waals surface area contributed by atoms with Crippen LogP contribution in [0, 0.1) is 12.7 Å². The average molecular weight is 379 g/mol. The molecule has 0 aliphatic carbocycles. The highest BCUT2D eigenvalue weighted by molar-refractivity contribution is 5.92. The molecule has 144 valence electrons. The number of oxazole rings is 1. The molecule has 0 unspecified atom stereocenters. The molecule has 5 nitrogen and oxygen atoms in total. The first-order valence-corrected chi connectivity index (χ1v) is 9.54. The third-order valence-electron chi connectivity index (χ3n) is 4.99. The van der Waals surface area contributed by atoms with Gasteiger partial charge < -0.3 is 9.32 Å². The van der Waals surface area contributed by atoms with Crippen molar-refractivity contribution in [2.45, 2.75) is 38.6 Å². The van der Waals surface area contributed by atoms with Gasteiger partial charge in [-0.2, -0.15) is 0 Å². The van der Waals surface area contributed by atoms with Gasteiger partial charge in [0.05, 0.1) is 6.20 Å². The second-order valence-corrected chi connectivity index (χ2v) is 7.15. The Kier molecular flexibility index (Phi) is 5.19. The van der Waals surface area contributed by atoms with Crippen LogP contribution in [0.3, 0.4) is 0 Å². The van der Waals surface area contributed by atoms with E-state index in [2.05, 4.69) is 9.97 Å². The lowest BCUT2D eigenvalue weighted by molar-refractivity contribution is 0.0563. The number of hydrogen-bond acceptors (Lipinski definition) is 4. The van der Waals surface area contributed by atoms with Crippen molar-refractivity contribution in [2.24, 2.45) is 0 Å². The van der Waals surface area contributed by atoms with E-state index >= 15 is 0 Å². The molecule has 1 amide bonds. The zero-order valence-electron chi connectivity index (χ0n) is 15.8. The number of hydrogen-bond donors (Lipinski definition) is 0. The fourth-order valence-corrected chi connectivity index (χ4v) is 3.65. The molecule has 1 aliphatic rings. The highest BCUT2D eigenvalue weighted by atomic mass is 19.1. The number of piperidine rings is 1. The van der Waals surface area contributed by atoms with Gasteiger partial charge in [0, 0.05) is 18.7 Å². The number of rotatable bonds is 4. The summed E-state index contributed by atoms with van der Waals surface area (Å²) in [6, 6.07) is 11.7. The molecule has 0 saturated carbocycles. The van der Waals surface area contributed by atoms with Crippen LogP contribution in [-0.4, -0.2) is 27.3 Å². The van der Waals surface area contributed by atoms with Crippen LogP contribution in [-0.2, 0) is 6.42 Å². The van der Waals surface area contributed by atoms with Gasteiger partial charge in [-0.1, -0.05) is 18.2 Å². The maximum atomic E-state index is 13.4. The van der Waals surface area contributed by atoms with Gasteiger partial charge in [-0.25, -0.2) is 14.4 Å². The van der Waals surface area contributed by atoms with Gasteiger partial charge in [0.15, 0.2) is 0 Å². The summed E-state index contributed by atoms with van der Waals surface area (Å²) in [7, 11) is 0. The van der Waals surface area contributed by atoms with Crippen LogP contribution in [0.5, 0.6) is 0 Å².